The van der Waals surface area contributed by atoms with E-state index in [0.717, 1.165) is 0 Å². The van der Waals surface area contributed by atoms with E-state index >= 15 is 0 Å². The summed E-state index contributed by atoms with van der Waals surface area (Å²) in [5, 5.41) is 0.295. The molecule has 152 valence electrons. The Balaban J connectivity index is 2.06. The molecule has 0 N–H and O–H groups in total. The lowest BCUT2D eigenvalue weighted by Crippen LogP contribution is -2.04. The molecule has 3 aromatic rings. The van der Waals surface area contributed by atoms with Crippen LogP contribution < -0.4 is 29.3 Å². The number of rotatable bonds is 7. The zero-order valence-corrected chi connectivity index (χ0v) is 16.8. The van der Waals surface area contributed by atoms with Crippen molar-refractivity contribution in [3.05, 3.63) is 46.1 Å². The lowest BCUT2D eigenvalue weighted by molar-refractivity contribution is 0.348. The topological polar surface area (TPSA) is 89.3 Å². The van der Waals surface area contributed by atoms with E-state index in [1.807, 2.05) is 0 Å². The first kappa shape index (κ1) is 20.1. The van der Waals surface area contributed by atoms with Gasteiger partial charge in [0.15, 0.2) is 23.0 Å². The molecule has 0 saturated heterocycles. The molecular weight excluding hydrogens is 378 g/mol. The summed E-state index contributed by atoms with van der Waals surface area (Å²) in [6.07, 6.45) is 3.28. The molecule has 0 aliphatic rings. The maximum absolute atomic E-state index is 12.4. The third kappa shape index (κ3) is 3.96. The average Bonchev–Trinajstić information content (AvgIpc) is 2.75. The molecular formula is C21H21NO7. The van der Waals surface area contributed by atoms with Crippen molar-refractivity contribution in [1.82, 2.24) is 4.98 Å². The predicted octanol–water partition coefficient (Wildman–Crippen LogP) is 3.40. The van der Waals surface area contributed by atoms with Crippen LogP contribution in [0, 0.1) is 0 Å². The molecule has 0 unspecified atom stereocenters. The van der Waals surface area contributed by atoms with Gasteiger partial charge in [-0.25, -0.2) is 9.78 Å². The number of nitrogens with zero attached hydrogens (tertiary/aromatic N) is 1. The van der Waals surface area contributed by atoms with E-state index in [9.17, 15) is 4.79 Å². The Hall–Kier alpha value is -3.68. The van der Waals surface area contributed by atoms with Crippen molar-refractivity contribution in [2.45, 2.75) is 0 Å². The number of ether oxygens (including phenoxy) is 5. The van der Waals surface area contributed by atoms with Gasteiger partial charge in [0, 0.05) is 29.8 Å². The van der Waals surface area contributed by atoms with Gasteiger partial charge in [0.2, 0.25) is 5.89 Å². The fourth-order valence-corrected chi connectivity index (χ4v) is 2.83. The molecule has 0 saturated carbocycles. The highest BCUT2D eigenvalue weighted by molar-refractivity contribution is 5.82. The monoisotopic (exact) mass is 399 g/mol. The first-order valence-corrected chi connectivity index (χ1v) is 8.59. The molecule has 1 aromatic heterocycles. The standard InChI is InChI=1S/C21H21NO7/c1-24-15-11-19(28-5)16(25-2)8-12(15)6-7-20-22-14-10-18(27-4)17(26-3)9-13(14)21(23)29-20/h6-11H,1-5H3/b7-6+. The Bertz CT molecular complexity index is 1120. The van der Waals surface area contributed by atoms with E-state index in [4.69, 9.17) is 28.1 Å². The number of hydrogen-bond acceptors (Lipinski definition) is 8. The summed E-state index contributed by atoms with van der Waals surface area (Å²) in [4.78, 5) is 16.8. The van der Waals surface area contributed by atoms with E-state index in [-0.39, 0.29) is 5.89 Å². The molecule has 0 aliphatic heterocycles. The second kappa shape index (κ2) is 8.55. The molecule has 0 atom stereocenters. The maximum atomic E-state index is 12.4. The number of fused-ring (bicyclic) bond motifs is 1. The fourth-order valence-electron chi connectivity index (χ4n) is 2.83. The Morgan fingerprint density at radius 2 is 1.28 bits per heavy atom. The molecule has 0 aliphatic carbocycles. The Morgan fingerprint density at radius 1 is 0.724 bits per heavy atom. The van der Waals surface area contributed by atoms with Crippen molar-refractivity contribution in [3.8, 4) is 28.7 Å². The normalized spacial score (nSPS) is 10.9. The molecule has 0 spiro atoms. The summed E-state index contributed by atoms with van der Waals surface area (Å²) >= 11 is 0. The number of hydrogen-bond donors (Lipinski definition) is 0. The van der Waals surface area contributed by atoms with E-state index in [2.05, 4.69) is 4.98 Å². The molecule has 0 radical (unpaired) electrons. The highest BCUT2D eigenvalue weighted by Crippen LogP contribution is 2.35. The second-order valence-electron chi connectivity index (χ2n) is 5.85. The molecule has 0 amide bonds. The molecule has 0 fully saturated rings. The van der Waals surface area contributed by atoms with E-state index in [1.165, 1.54) is 20.3 Å². The summed E-state index contributed by atoms with van der Waals surface area (Å²) < 4.78 is 31.8. The van der Waals surface area contributed by atoms with Crippen LogP contribution in [0.5, 0.6) is 28.7 Å². The summed E-state index contributed by atoms with van der Waals surface area (Å²) in [5.41, 5.74) is 0.592. The quantitative estimate of drug-likeness (QED) is 0.597. The van der Waals surface area contributed by atoms with Gasteiger partial charge in [-0.15, -0.1) is 0 Å². The third-order valence-corrected chi connectivity index (χ3v) is 4.29. The van der Waals surface area contributed by atoms with Crippen LogP contribution in [0.1, 0.15) is 11.5 Å². The molecule has 0 bridgehead atoms. The third-order valence-electron chi connectivity index (χ3n) is 4.29. The van der Waals surface area contributed by atoms with E-state index in [1.54, 1.807) is 51.7 Å². The first-order valence-electron chi connectivity index (χ1n) is 8.59. The van der Waals surface area contributed by atoms with Gasteiger partial charge in [-0.1, -0.05) is 0 Å². The van der Waals surface area contributed by atoms with Gasteiger partial charge in [0.05, 0.1) is 46.5 Å². The lowest BCUT2D eigenvalue weighted by atomic mass is 10.1. The zero-order valence-electron chi connectivity index (χ0n) is 16.8. The van der Waals surface area contributed by atoms with E-state index < -0.39 is 5.63 Å². The van der Waals surface area contributed by atoms with Crippen LogP contribution in [0.4, 0.5) is 0 Å². The Labute approximate surface area is 167 Å². The van der Waals surface area contributed by atoms with Gasteiger partial charge in [0.25, 0.3) is 0 Å². The van der Waals surface area contributed by atoms with Crippen LogP contribution in [0.3, 0.4) is 0 Å². The summed E-state index contributed by atoms with van der Waals surface area (Å²) in [6.45, 7) is 0. The second-order valence-corrected chi connectivity index (χ2v) is 5.85. The SMILES string of the molecule is COc1cc(OC)c(OC)cc1/C=C/c1nc2cc(OC)c(OC)cc2c(=O)o1. The molecule has 3 rings (SSSR count). The van der Waals surface area contributed by atoms with Crippen LogP contribution in [-0.4, -0.2) is 40.5 Å². The van der Waals surface area contributed by atoms with Gasteiger partial charge in [-0.2, -0.15) is 0 Å². The average molecular weight is 399 g/mol. The minimum atomic E-state index is -0.533. The van der Waals surface area contributed by atoms with Crippen LogP contribution in [0.2, 0.25) is 0 Å². The van der Waals surface area contributed by atoms with Crippen molar-refractivity contribution in [3.63, 3.8) is 0 Å². The number of benzene rings is 2. The van der Waals surface area contributed by atoms with Crippen molar-refractivity contribution in [2.75, 3.05) is 35.5 Å². The summed E-state index contributed by atoms with van der Waals surface area (Å²) in [7, 11) is 7.64. The lowest BCUT2D eigenvalue weighted by Gasteiger charge is -2.12. The molecule has 2 aromatic carbocycles. The largest absolute Gasteiger partial charge is 0.496 e. The Morgan fingerprint density at radius 3 is 1.90 bits per heavy atom. The molecule has 1 heterocycles. The van der Waals surface area contributed by atoms with Gasteiger partial charge in [-0.3, -0.25) is 0 Å². The van der Waals surface area contributed by atoms with Gasteiger partial charge < -0.3 is 28.1 Å². The minimum Gasteiger partial charge on any atom is -0.496 e. The molecule has 8 heteroatoms. The first-order chi connectivity index (χ1) is 14.0. The number of aromatic nitrogens is 1. The number of methoxy groups -OCH3 is 5. The minimum absolute atomic E-state index is 0.131. The zero-order chi connectivity index (χ0) is 21.0. The summed E-state index contributed by atoms with van der Waals surface area (Å²) in [5.74, 6) is 2.66. The van der Waals surface area contributed by atoms with Crippen molar-refractivity contribution >= 4 is 23.1 Å². The highest BCUT2D eigenvalue weighted by Gasteiger charge is 2.13. The smallest absolute Gasteiger partial charge is 0.347 e. The highest BCUT2D eigenvalue weighted by atomic mass is 16.5. The predicted molar refractivity (Wildman–Crippen MR) is 108 cm³/mol. The fraction of sp³-hybridized carbons (Fsp3) is 0.238. The van der Waals surface area contributed by atoms with Crippen LogP contribution >= 0.6 is 0 Å². The van der Waals surface area contributed by atoms with E-state index in [0.29, 0.717) is 45.2 Å². The molecule has 29 heavy (non-hydrogen) atoms. The molecule has 8 nitrogen and oxygen atoms in total. The summed E-state index contributed by atoms with van der Waals surface area (Å²) in [6, 6.07) is 6.62. The van der Waals surface area contributed by atoms with Gasteiger partial charge in [0.1, 0.15) is 5.75 Å². The maximum Gasteiger partial charge on any atom is 0.347 e. The van der Waals surface area contributed by atoms with Crippen molar-refractivity contribution in [2.24, 2.45) is 0 Å². The van der Waals surface area contributed by atoms with Crippen LogP contribution in [0.15, 0.2) is 33.5 Å². The Kier molecular flexibility index (Phi) is 5.92. The van der Waals surface area contributed by atoms with Crippen molar-refractivity contribution < 1.29 is 28.1 Å². The van der Waals surface area contributed by atoms with Crippen LogP contribution in [-0.2, 0) is 0 Å². The van der Waals surface area contributed by atoms with Gasteiger partial charge in [-0.05, 0) is 12.1 Å². The van der Waals surface area contributed by atoms with Crippen LogP contribution in [0.25, 0.3) is 23.1 Å². The van der Waals surface area contributed by atoms with Crippen molar-refractivity contribution in [1.29, 1.82) is 0 Å². The van der Waals surface area contributed by atoms with Gasteiger partial charge >= 0.3 is 5.63 Å².